The van der Waals surface area contributed by atoms with E-state index in [9.17, 15) is 9.90 Å². The molecule has 0 bridgehead atoms. The number of aliphatic hydroxyl groups is 1. The smallest absolute Gasteiger partial charge is 0.218 e. The molecule has 1 aromatic carbocycles. The fourth-order valence-corrected chi connectivity index (χ4v) is 3.21. The normalized spacial score (nSPS) is 19.2. The molecule has 0 unspecified atom stereocenters. The number of hydrogen-bond donors (Lipinski definition) is 2. The summed E-state index contributed by atoms with van der Waals surface area (Å²) in [5.74, 6) is 0.354. The molecule has 0 saturated heterocycles. The molecule has 0 saturated carbocycles. The fraction of sp³-hybridized carbons (Fsp3) is 0.364. The third-order valence-electron chi connectivity index (χ3n) is 4.51. The van der Waals surface area contributed by atoms with E-state index >= 15 is 0 Å². The Kier molecular flexibility index (Phi) is 6.14. The average Bonchev–Trinajstić information content (AvgIpc) is 2.63. The van der Waals surface area contributed by atoms with E-state index in [1.54, 1.807) is 39.8 Å². The highest BCUT2D eigenvalue weighted by molar-refractivity contribution is 6.26. The maximum absolute atomic E-state index is 13.1. The van der Waals surface area contributed by atoms with Gasteiger partial charge in [0, 0.05) is 12.4 Å². The zero-order chi connectivity index (χ0) is 21.1. The summed E-state index contributed by atoms with van der Waals surface area (Å²) < 4.78 is 11.6. The van der Waals surface area contributed by atoms with Gasteiger partial charge in [-0.05, 0) is 63.5 Å². The van der Waals surface area contributed by atoms with Gasteiger partial charge in [-0.25, -0.2) is 4.99 Å². The summed E-state index contributed by atoms with van der Waals surface area (Å²) in [6, 6.07) is 5.38. The molecule has 0 spiro atoms. The molecular formula is C22H28N2O4. The summed E-state index contributed by atoms with van der Waals surface area (Å²) in [5.41, 5.74) is 5.03. The Morgan fingerprint density at radius 2 is 2.00 bits per heavy atom. The van der Waals surface area contributed by atoms with Crippen LogP contribution in [0.3, 0.4) is 0 Å². The van der Waals surface area contributed by atoms with Crippen LogP contribution < -0.4 is 10.5 Å². The molecule has 0 atom stereocenters. The largest absolute Gasteiger partial charge is 0.508 e. The van der Waals surface area contributed by atoms with Gasteiger partial charge in [-0.2, -0.15) is 0 Å². The van der Waals surface area contributed by atoms with E-state index in [2.05, 4.69) is 11.6 Å². The molecule has 2 rings (SSSR count). The molecule has 28 heavy (non-hydrogen) atoms. The Balaban J connectivity index is 2.63. The topological polar surface area (TPSA) is 94.1 Å². The van der Waals surface area contributed by atoms with E-state index in [1.165, 1.54) is 18.5 Å². The first-order valence-corrected chi connectivity index (χ1v) is 9.14. The van der Waals surface area contributed by atoms with Crippen LogP contribution in [0.2, 0.25) is 0 Å². The predicted molar refractivity (Wildman–Crippen MR) is 111 cm³/mol. The van der Waals surface area contributed by atoms with E-state index in [-0.39, 0.29) is 23.0 Å². The van der Waals surface area contributed by atoms with Crippen molar-refractivity contribution in [3.05, 3.63) is 60.1 Å². The first kappa shape index (κ1) is 21.4. The molecule has 1 aromatic rings. The van der Waals surface area contributed by atoms with Crippen molar-refractivity contribution in [2.75, 3.05) is 0 Å². The van der Waals surface area contributed by atoms with E-state index in [4.69, 9.17) is 15.2 Å². The van der Waals surface area contributed by atoms with Crippen molar-refractivity contribution < 1.29 is 19.4 Å². The van der Waals surface area contributed by atoms with Crippen molar-refractivity contribution in [3.8, 4) is 5.75 Å². The molecular weight excluding hydrogens is 356 g/mol. The molecule has 3 N–H and O–H groups in total. The molecule has 6 heteroatoms. The second kappa shape index (κ2) is 8.02. The molecule has 150 valence electrons. The van der Waals surface area contributed by atoms with E-state index in [0.717, 1.165) is 5.56 Å². The van der Waals surface area contributed by atoms with Gasteiger partial charge in [-0.3, -0.25) is 4.79 Å². The molecule has 6 nitrogen and oxygen atoms in total. The van der Waals surface area contributed by atoms with Crippen LogP contribution in [0.25, 0.3) is 5.57 Å². The molecule has 0 amide bonds. The molecule has 0 aliphatic carbocycles. The Morgan fingerprint density at radius 3 is 2.57 bits per heavy atom. The number of hydrogen-bond acceptors (Lipinski definition) is 6. The standard InChI is InChI=1S/C22H28N2O4/c1-7-14-9-10-15(27-17(8-2)24-12-11-23)13-16(14)18-19(25)21(3,4)28-22(5,6)20(18)26/h8-13,25H,2,7,23H2,1,3-6H3/b12-11-,24-17?. The van der Waals surface area contributed by atoms with Crippen LogP contribution in [-0.4, -0.2) is 28.0 Å². The minimum atomic E-state index is -1.06. The van der Waals surface area contributed by atoms with Crippen molar-refractivity contribution in [2.45, 2.75) is 52.2 Å². The minimum absolute atomic E-state index is 0.0904. The van der Waals surface area contributed by atoms with Gasteiger partial charge in [0.25, 0.3) is 0 Å². The Labute approximate surface area is 166 Å². The van der Waals surface area contributed by atoms with Gasteiger partial charge in [0.2, 0.25) is 5.90 Å². The number of carbonyl (C=O) groups is 1. The van der Waals surface area contributed by atoms with Crippen LogP contribution in [0.15, 0.2) is 54.0 Å². The lowest BCUT2D eigenvalue weighted by molar-refractivity contribution is -0.158. The third-order valence-corrected chi connectivity index (χ3v) is 4.51. The number of ketones is 1. The number of Topliss-reactive ketones (excluding diaryl/α,β-unsaturated/α-hetero) is 1. The maximum atomic E-state index is 13.1. The zero-order valence-corrected chi connectivity index (χ0v) is 17.1. The van der Waals surface area contributed by atoms with Gasteiger partial charge in [0.1, 0.15) is 22.7 Å². The SMILES string of the molecule is C=CC(=N/C=C\N)Oc1ccc(CC)c(C2=C(O)C(C)(C)OC(C)(C)C2=O)c1. The lowest BCUT2D eigenvalue weighted by atomic mass is 9.81. The highest BCUT2D eigenvalue weighted by Gasteiger charge is 2.47. The quantitative estimate of drug-likeness (QED) is 0.589. The average molecular weight is 384 g/mol. The molecule has 0 aromatic heterocycles. The summed E-state index contributed by atoms with van der Waals surface area (Å²) in [7, 11) is 0. The van der Waals surface area contributed by atoms with Crippen LogP contribution in [0.1, 0.15) is 45.7 Å². The van der Waals surface area contributed by atoms with E-state index < -0.39 is 11.2 Å². The highest BCUT2D eigenvalue weighted by Crippen LogP contribution is 2.41. The molecule has 1 aliphatic rings. The molecule has 1 heterocycles. The number of nitrogens with zero attached hydrogens (tertiary/aromatic N) is 1. The van der Waals surface area contributed by atoms with Crippen LogP contribution in [0.5, 0.6) is 5.75 Å². The number of aliphatic imine (C=N–C) groups is 1. The first-order valence-electron chi connectivity index (χ1n) is 9.14. The Bertz CT molecular complexity index is 877. The minimum Gasteiger partial charge on any atom is -0.508 e. The number of nitrogens with two attached hydrogens (primary N) is 1. The maximum Gasteiger partial charge on any atom is 0.218 e. The van der Waals surface area contributed by atoms with Crippen LogP contribution >= 0.6 is 0 Å². The van der Waals surface area contributed by atoms with Crippen LogP contribution in [0, 0.1) is 0 Å². The van der Waals surface area contributed by atoms with Crippen LogP contribution in [0.4, 0.5) is 0 Å². The summed E-state index contributed by atoms with van der Waals surface area (Å²) in [5, 5.41) is 10.8. The summed E-state index contributed by atoms with van der Waals surface area (Å²) in [6.45, 7) is 12.5. The zero-order valence-electron chi connectivity index (χ0n) is 17.1. The third kappa shape index (κ3) is 4.17. The number of aliphatic hydroxyl groups excluding tert-OH is 1. The predicted octanol–water partition coefficient (Wildman–Crippen LogP) is 4.07. The van der Waals surface area contributed by atoms with Crippen molar-refractivity contribution in [2.24, 2.45) is 10.7 Å². The van der Waals surface area contributed by atoms with Crippen molar-refractivity contribution in [1.29, 1.82) is 0 Å². The van der Waals surface area contributed by atoms with Gasteiger partial charge in [0.05, 0.1) is 5.57 Å². The summed E-state index contributed by atoms with van der Waals surface area (Å²) in [4.78, 5) is 17.1. The van der Waals surface area contributed by atoms with Gasteiger partial charge >= 0.3 is 0 Å². The first-order chi connectivity index (χ1) is 13.1. The number of ether oxygens (including phenoxy) is 2. The van der Waals surface area contributed by atoms with Gasteiger partial charge < -0.3 is 20.3 Å². The van der Waals surface area contributed by atoms with Crippen LogP contribution in [-0.2, 0) is 16.0 Å². The lowest BCUT2D eigenvalue weighted by Crippen LogP contribution is -2.49. The second-order valence-electron chi connectivity index (χ2n) is 7.46. The number of carbonyl (C=O) groups excluding carboxylic acids is 1. The van der Waals surface area contributed by atoms with Gasteiger partial charge in [-0.1, -0.05) is 19.6 Å². The molecule has 0 radical (unpaired) electrons. The fourth-order valence-electron chi connectivity index (χ4n) is 3.21. The van der Waals surface area contributed by atoms with Crippen molar-refractivity contribution >= 4 is 17.3 Å². The lowest BCUT2D eigenvalue weighted by Gasteiger charge is -2.40. The second-order valence-corrected chi connectivity index (χ2v) is 7.46. The van der Waals surface area contributed by atoms with Crippen molar-refractivity contribution in [3.63, 3.8) is 0 Å². The number of aryl methyl sites for hydroxylation is 1. The number of benzene rings is 1. The monoisotopic (exact) mass is 384 g/mol. The highest BCUT2D eigenvalue weighted by atomic mass is 16.5. The Hall–Kier alpha value is -2.86. The number of rotatable bonds is 5. The summed E-state index contributed by atoms with van der Waals surface area (Å²) in [6.07, 6.45) is 4.81. The van der Waals surface area contributed by atoms with Gasteiger partial charge in [0.15, 0.2) is 5.78 Å². The Morgan fingerprint density at radius 1 is 1.32 bits per heavy atom. The molecule has 0 fully saturated rings. The van der Waals surface area contributed by atoms with Crippen molar-refractivity contribution in [1.82, 2.24) is 0 Å². The molecule has 1 aliphatic heterocycles. The van der Waals surface area contributed by atoms with Gasteiger partial charge in [-0.15, -0.1) is 0 Å². The summed E-state index contributed by atoms with van der Waals surface area (Å²) >= 11 is 0. The van der Waals surface area contributed by atoms with E-state index in [0.29, 0.717) is 17.7 Å². The van der Waals surface area contributed by atoms with E-state index in [1.807, 2.05) is 13.0 Å².